The number of aliphatic hydroxyl groups is 1. The SMILES string of the molecule is CCC(C)n1c(=O)[nH]c(=O)c2c1nc(NCCO)n2CC. The Morgan fingerprint density at radius 2 is 2.10 bits per heavy atom. The first-order valence-electron chi connectivity index (χ1n) is 7.14. The van der Waals surface area contributed by atoms with Crippen LogP contribution in [0.1, 0.15) is 33.2 Å². The van der Waals surface area contributed by atoms with Gasteiger partial charge in [0.1, 0.15) is 0 Å². The summed E-state index contributed by atoms with van der Waals surface area (Å²) in [6.45, 7) is 6.59. The maximum absolute atomic E-state index is 12.1. The van der Waals surface area contributed by atoms with Crippen LogP contribution in [-0.2, 0) is 6.54 Å². The van der Waals surface area contributed by atoms with Crippen LogP contribution in [0.15, 0.2) is 9.59 Å². The number of fused-ring (bicyclic) bond motifs is 1. The minimum absolute atomic E-state index is 0.0402. The molecule has 0 aliphatic heterocycles. The minimum atomic E-state index is -0.448. The number of nitrogens with zero attached hydrogens (tertiary/aromatic N) is 3. The van der Waals surface area contributed by atoms with Crippen LogP contribution < -0.4 is 16.6 Å². The lowest BCUT2D eigenvalue weighted by atomic mass is 10.2. The number of nitrogens with one attached hydrogen (secondary N) is 2. The summed E-state index contributed by atoms with van der Waals surface area (Å²) in [5, 5.41) is 11.9. The van der Waals surface area contributed by atoms with Gasteiger partial charge in [-0.3, -0.25) is 14.3 Å². The van der Waals surface area contributed by atoms with Gasteiger partial charge in [0, 0.05) is 19.1 Å². The zero-order valence-corrected chi connectivity index (χ0v) is 12.5. The molecular formula is C13H21N5O3. The highest BCUT2D eigenvalue weighted by Gasteiger charge is 2.19. The van der Waals surface area contributed by atoms with Crippen molar-refractivity contribution in [2.24, 2.45) is 0 Å². The van der Waals surface area contributed by atoms with Gasteiger partial charge < -0.3 is 15.0 Å². The maximum Gasteiger partial charge on any atom is 0.330 e. The largest absolute Gasteiger partial charge is 0.395 e. The smallest absolute Gasteiger partial charge is 0.330 e. The van der Waals surface area contributed by atoms with Gasteiger partial charge in [-0.25, -0.2) is 4.79 Å². The number of hydrogen-bond donors (Lipinski definition) is 3. The second-order valence-corrected chi connectivity index (χ2v) is 4.89. The van der Waals surface area contributed by atoms with Crippen molar-refractivity contribution in [2.45, 2.75) is 39.8 Å². The van der Waals surface area contributed by atoms with Crippen molar-refractivity contribution in [1.29, 1.82) is 0 Å². The van der Waals surface area contributed by atoms with Gasteiger partial charge in [0.25, 0.3) is 5.56 Å². The molecule has 0 aliphatic carbocycles. The first-order valence-corrected chi connectivity index (χ1v) is 7.14. The molecule has 0 saturated carbocycles. The van der Waals surface area contributed by atoms with Gasteiger partial charge in [-0.15, -0.1) is 0 Å². The standard InChI is InChI=1S/C13H21N5O3/c1-4-8(3)18-10-9(11(20)16-13(18)21)17(5-2)12(15-10)14-6-7-19/h8,19H,4-7H2,1-3H3,(H,14,15)(H,16,20,21). The number of aliphatic hydroxyl groups excluding tert-OH is 1. The summed E-state index contributed by atoms with van der Waals surface area (Å²) in [5.74, 6) is 0.481. The molecule has 1 atom stereocenters. The Morgan fingerprint density at radius 3 is 2.67 bits per heavy atom. The molecule has 8 heteroatoms. The average molecular weight is 295 g/mol. The molecule has 116 valence electrons. The molecule has 1 unspecified atom stereocenters. The zero-order valence-electron chi connectivity index (χ0n) is 12.5. The van der Waals surface area contributed by atoms with E-state index in [1.807, 2.05) is 20.8 Å². The normalized spacial score (nSPS) is 12.8. The van der Waals surface area contributed by atoms with Gasteiger partial charge in [-0.05, 0) is 20.3 Å². The van der Waals surface area contributed by atoms with Crippen molar-refractivity contribution >= 4 is 17.1 Å². The van der Waals surface area contributed by atoms with Crippen LogP contribution in [0.3, 0.4) is 0 Å². The second kappa shape index (κ2) is 6.13. The summed E-state index contributed by atoms with van der Waals surface area (Å²) in [6.07, 6.45) is 0.749. The van der Waals surface area contributed by atoms with Crippen LogP contribution in [0.5, 0.6) is 0 Å². The van der Waals surface area contributed by atoms with Crippen molar-refractivity contribution in [3.8, 4) is 0 Å². The number of hydrogen-bond acceptors (Lipinski definition) is 5. The molecule has 0 bridgehead atoms. The highest BCUT2D eigenvalue weighted by atomic mass is 16.3. The Bertz CT molecular complexity index is 743. The van der Waals surface area contributed by atoms with E-state index in [4.69, 9.17) is 5.11 Å². The van der Waals surface area contributed by atoms with E-state index in [1.165, 1.54) is 4.57 Å². The molecular weight excluding hydrogens is 274 g/mol. The molecule has 8 nitrogen and oxygen atoms in total. The molecule has 0 aliphatic rings. The Balaban J connectivity index is 2.79. The van der Waals surface area contributed by atoms with Crippen LogP contribution in [0.25, 0.3) is 11.2 Å². The fraction of sp³-hybridized carbons (Fsp3) is 0.615. The lowest BCUT2D eigenvalue weighted by Crippen LogP contribution is -2.32. The van der Waals surface area contributed by atoms with Crippen LogP contribution in [0.4, 0.5) is 5.95 Å². The van der Waals surface area contributed by atoms with Crippen molar-refractivity contribution in [3.05, 3.63) is 20.8 Å². The van der Waals surface area contributed by atoms with E-state index in [0.29, 0.717) is 30.2 Å². The summed E-state index contributed by atoms with van der Waals surface area (Å²) in [5.41, 5.74) is -0.143. The molecule has 21 heavy (non-hydrogen) atoms. The third-order valence-corrected chi connectivity index (χ3v) is 3.57. The minimum Gasteiger partial charge on any atom is -0.395 e. The van der Waals surface area contributed by atoms with E-state index >= 15 is 0 Å². The molecule has 2 rings (SSSR count). The Hall–Kier alpha value is -2.09. The van der Waals surface area contributed by atoms with Crippen molar-refractivity contribution < 1.29 is 5.11 Å². The fourth-order valence-corrected chi connectivity index (χ4v) is 2.35. The number of anilines is 1. The van der Waals surface area contributed by atoms with Crippen molar-refractivity contribution in [2.75, 3.05) is 18.5 Å². The van der Waals surface area contributed by atoms with Gasteiger partial charge >= 0.3 is 5.69 Å². The number of rotatable bonds is 6. The second-order valence-electron chi connectivity index (χ2n) is 4.89. The van der Waals surface area contributed by atoms with E-state index in [-0.39, 0.29) is 12.6 Å². The lowest BCUT2D eigenvalue weighted by Gasteiger charge is -2.12. The van der Waals surface area contributed by atoms with Crippen LogP contribution >= 0.6 is 0 Å². The molecule has 0 amide bonds. The van der Waals surface area contributed by atoms with E-state index in [1.54, 1.807) is 4.57 Å². The number of aryl methyl sites for hydroxylation is 1. The summed E-state index contributed by atoms with van der Waals surface area (Å²) >= 11 is 0. The maximum atomic E-state index is 12.1. The lowest BCUT2D eigenvalue weighted by molar-refractivity contribution is 0.310. The van der Waals surface area contributed by atoms with Gasteiger partial charge in [-0.2, -0.15) is 4.98 Å². The van der Waals surface area contributed by atoms with Gasteiger partial charge in [0.2, 0.25) is 5.95 Å². The quantitative estimate of drug-likeness (QED) is 0.710. The van der Waals surface area contributed by atoms with E-state index < -0.39 is 11.2 Å². The van der Waals surface area contributed by atoms with Crippen LogP contribution in [0, 0.1) is 0 Å². The zero-order chi connectivity index (χ0) is 15.6. The highest BCUT2D eigenvalue weighted by molar-refractivity contribution is 5.74. The number of aromatic amines is 1. The van der Waals surface area contributed by atoms with Crippen LogP contribution in [0.2, 0.25) is 0 Å². The first-order chi connectivity index (χ1) is 10.0. The number of imidazole rings is 1. The molecule has 0 spiro atoms. The molecule has 0 fully saturated rings. The van der Waals surface area contributed by atoms with Crippen molar-refractivity contribution in [3.63, 3.8) is 0 Å². The summed E-state index contributed by atoms with van der Waals surface area (Å²) < 4.78 is 3.22. The fourth-order valence-electron chi connectivity index (χ4n) is 2.35. The molecule has 3 N–H and O–H groups in total. The predicted molar refractivity (Wildman–Crippen MR) is 80.9 cm³/mol. The summed E-state index contributed by atoms with van der Waals surface area (Å²) in [7, 11) is 0. The third-order valence-electron chi connectivity index (χ3n) is 3.57. The van der Waals surface area contributed by atoms with Gasteiger partial charge in [0.05, 0.1) is 6.61 Å². The van der Waals surface area contributed by atoms with Crippen LogP contribution in [-0.4, -0.2) is 37.4 Å². The topological polar surface area (TPSA) is 105 Å². The first kappa shape index (κ1) is 15.3. The molecule has 0 saturated heterocycles. The van der Waals surface area contributed by atoms with E-state index in [9.17, 15) is 9.59 Å². The van der Waals surface area contributed by atoms with E-state index in [0.717, 1.165) is 6.42 Å². The number of H-pyrrole nitrogens is 1. The summed E-state index contributed by atoms with van der Waals surface area (Å²) in [4.78, 5) is 30.9. The molecule has 2 aromatic heterocycles. The Labute approximate surface area is 121 Å². The summed E-state index contributed by atoms with van der Waals surface area (Å²) in [6, 6.07) is -0.0669. The van der Waals surface area contributed by atoms with Gasteiger partial charge in [-0.1, -0.05) is 6.92 Å². The van der Waals surface area contributed by atoms with Gasteiger partial charge in [0.15, 0.2) is 11.2 Å². The monoisotopic (exact) mass is 295 g/mol. The molecule has 2 aromatic rings. The van der Waals surface area contributed by atoms with Crippen molar-refractivity contribution in [1.82, 2.24) is 19.1 Å². The highest BCUT2D eigenvalue weighted by Crippen LogP contribution is 2.18. The predicted octanol–water partition coefficient (Wildman–Crippen LogP) is 0.281. The third kappa shape index (κ3) is 2.58. The molecule has 0 radical (unpaired) electrons. The average Bonchev–Trinajstić information content (AvgIpc) is 2.83. The Morgan fingerprint density at radius 1 is 1.38 bits per heavy atom. The number of aromatic nitrogens is 4. The molecule has 2 heterocycles. The van der Waals surface area contributed by atoms with E-state index in [2.05, 4.69) is 15.3 Å². The Kier molecular flexibility index (Phi) is 4.46. The molecule has 0 aromatic carbocycles.